The fourth-order valence-corrected chi connectivity index (χ4v) is 3.17. The molecule has 20 heavy (non-hydrogen) atoms. The smallest absolute Gasteiger partial charge is 0.123 e. The van der Waals surface area contributed by atoms with E-state index in [4.69, 9.17) is 9.47 Å². The van der Waals surface area contributed by atoms with Gasteiger partial charge in [-0.15, -0.1) is 0 Å². The van der Waals surface area contributed by atoms with Crippen molar-refractivity contribution < 1.29 is 13.9 Å². The first-order chi connectivity index (χ1) is 9.67. The third kappa shape index (κ3) is 3.03. The molecule has 1 aromatic rings. The SMILES string of the molecule is Cc1cc(F)ccc1COC1COC2(CCNCC2)C1. The van der Waals surface area contributed by atoms with Crippen LogP contribution in [-0.2, 0) is 16.1 Å². The molecule has 3 rings (SSSR count). The third-order valence-corrected chi connectivity index (χ3v) is 4.47. The molecule has 3 nitrogen and oxygen atoms in total. The van der Waals surface area contributed by atoms with Crippen LogP contribution in [0.15, 0.2) is 18.2 Å². The summed E-state index contributed by atoms with van der Waals surface area (Å²) in [6, 6.07) is 4.85. The molecule has 2 saturated heterocycles. The average molecular weight is 279 g/mol. The molecule has 2 heterocycles. The standard InChI is InChI=1S/C16H22FNO2/c1-12-8-14(17)3-2-13(12)10-19-15-9-16(20-11-15)4-6-18-7-5-16/h2-3,8,15,18H,4-7,9-11H2,1H3. The summed E-state index contributed by atoms with van der Waals surface area (Å²) in [7, 11) is 0. The molecule has 2 aliphatic rings. The topological polar surface area (TPSA) is 30.5 Å². The molecule has 0 bridgehead atoms. The van der Waals surface area contributed by atoms with Crippen molar-refractivity contribution in [3.8, 4) is 0 Å². The predicted molar refractivity (Wildman–Crippen MR) is 75.1 cm³/mol. The van der Waals surface area contributed by atoms with Gasteiger partial charge >= 0.3 is 0 Å². The van der Waals surface area contributed by atoms with Crippen molar-refractivity contribution in [1.29, 1.82) is 0 Å². The molecular formula is C16H22FNO2. The Kier molecular flexibility index (Phi) is 4.06. The van der Waals surface area contributed by atoms with Crippen molar-refractivity contribution in [3.63, 3.8) is 0 Å². The van der Waals surface area contributed by atoms with Gasteiger partial charge in [-0.25, -0.2) is 4.39 Å². The van der Waals surface area contributed by atoms with Crippen molar-refractivity contribution in [2.45, 2.75) is 44.5 Å². The molecule has 110 valence electrons. The number of halogens is 1. The maximum absolute atomic E-state index is 13.1. The Balaban J connectivity index is 1.54. The average Bonchev–Trinajstić information content (AvgIpc) is 2.82. The van der Waals surface area contributed by atoms with E-state index < -0.39 is 0 Å². The van der Waals surface area contributed by atoms with Crippen molar-refractivity contribution in [2.24, 2.45) is 0 Å². The van der Waals surface area contributed by atoms with Gasteiger partial charge in [-0.3, -0.25) is 0 Å². The summed E-state index contributed by atoms with van der Waals surface area (Å²) in [5, 5.41) is 3.37. The second-order valence-corrected chi connectivity index (χ2v) is 5.95. The first kappa shape index (κ1) is 14.0. The number of benzene rings is 1. The van der Waals surface area contributed by atoms with Crippen LogP contribution in [0.3, 0.4) is 0 Å². The normalized spacial score (nSPS) is 25.2. The Hall–Kier alpha value is -0.970. The van der Waals surface area contributed by atoms with Crippen molar-refractivity contribution >= 4 is 0 Å². The quantitative estimate of drug-likeness (QED) is 0.922. The maximum atomic E-state index is 13.1. The summed E-state index contributed by atoms with van der Waals surface area (Å²) < 4.78 is 25.0. The minimum absolute atomic E-state index is 0.0355. The molecule has 2 fully saturated rings. The summed E-state index contributed by atoms with van der Waals surface area (Å²) in [6.07, 6.45) is 3.29. The number of hydrogen-bond acceptors (Lipinski definition) is 3. The Bertz CT molecular complexity index is 472. The number of aryl methyl sites for hydroxylation is 1. The van der Waals surface area contributed by atoms with Crippen LogP contribution in [-0.4, -0.2) is 31.4 Å². The van der Waals surface area contributed by atoms with Gasteiger partial charge in [0.1, 0.15) is 5.82 Å². The van der Waals surface area contributed by atoms with Crippen LogP contribution in [0.25, 0.3) is 0 Å². The van der Waals surface area contributed by atoms with E-state index >= 15 is 0 Å². The van der Waals surface area contributed by atoms with E-state index in [1.54, 1.807) is 12.1 Å². The molecule has 0 radical (unpaired) electrons. The molecular weight excluding hydrogens is 257 g/mol. The molecule has 1 N–H and O–H groups in total. The highest BCUT2D eigenvalue weighted by molar-refractivity contribution is 5.25. The summed E-state index contributed by atoms with van der Waals surface area (Å²) in [4.78, 5) is 0. The Morgan fingerprint density at radius 3 is 2.95 bits per heavy atom. The van der Waals surface area contributed by atoms with Gasteiger partial charge in [0, 0.05) is 6.42 Å². The van der Waals surface area contributed by atoms with Gasteiger partial charge in [0.15, 0.2) is 0 Å². The molecule has 1 atom stereocenters. The molecule has 0 saturated carbocycles. The van der Waals surface area contributed by atoms with E-state index in [9.17, 15) is 4.39 Å². The monoisotopic (exact) mass is 279 g/mol. The molecule has 4 heteroatoms. The molecule has 0 aliphatic carbocycles. The molecule has 1 unspecified atom stereocenters. The fraction of sp³-hybridized carbons (Fsp3) is 0.625. The second kappa shape index (κ2) is 5.80. The Labute approximate surface area is 119 Å². The van der Waals surface area contributed by atoms with Gasteiger partial charge < -0.3 is 14.8 Å². The van der Waals surface area contributed by atoms with Gasteiger partial charge in [-0.1, -0.05) is 6.07 Å². The zero-order valence-electron chi connectivity index (χ0n) is 12.0. The number of piperidine rings is 1. The van der Waals surface area contributed by atoms with Gasteiger partial charge in [0.25, 0.3) is 0 Å². The maximum Gasteiger partial charge on any atom is 0.123 e. The summed E-state index contributed by atoms with van der Waals surface area (Å²) >= 11 is 0. The van der Waals surface area contributed by atoms with E-state index in [0.717, 1.165) is 43.5 Å². The first-order valence-corrected chi connectivity index (χ1v) is 7.38. The second-order valence-electron chi connectivity index (χ2n) is 5.95. The van der Waals surface area contributed by atoms with Gasteiger partial charge in [0.05, 0.1) is 24.9 Å². The lowest BCUT2D eigenvalue weighted by atomic mass is 9.89. The number of hydrogen-bond donors (Lipinski definition) is 1. The largest absolute Gasteiger partial charge is 0.372 e. The van der Waals surface area contributed by atoms with Crippen LogP contribution < -0.4 is 5.32 Å². The van der Waals surface area contributed by atoms with Crippen molar-refractivity contribution in [2.75, 3.05) is 19.7 Å². The first-order valence-electron chi connectivity index (χ1n) is 7.38. The minimum Gasteiger partial charge on any atom is -0.372 e. The van der Waals surface area contributed by atoms with Crippen molar-refractivity contribution in [3.05, 3.63) is 35.1 Å². The minimum atomic E-state index is -0.191. The van der Waals surface area contributed by atoms with Gasteiger partial charge in [0.2, 0.25) is 0 Å². The fourth-order valence-electron chi connectivity index (χ4n) is 3.17. The molecule has 1 spiro atoms. The summed E-state index contributed by atoms with van der Waals surface area (Å²) in [6.45, 7) is 5.20. The number of rotatable bonds is 3. The zero-order chi connectivity index (χ0) is 14.0. The number of nitrogens with one attached hydrogen (secondary N) is 1. The lowest BCUT2D eigenvalue weighted by Gasteiger charge is -2.32. The third-order valence-electron chi connectivity index (χ3n) is 4.47. The molecule has 0 aromatic heterocycles. The predicted octanol–water partition coefficient (Wildman–Crippen LogP) is 2.56. The summed E-state index contributed by atoms with van der Waals surface area (Å²) in [5.74, 6) is -0.191. The van der Waals surface area contributed by atoms with E-state index in [-0.39, 0.29) is 17.5 Å². The Morgan fingerprint density at radius 1 is 1.40 bits per heavy atom. The van der Waals surface area contributed by atoms with Crippen LogP contribution in [0.2, 0.25) is 0 Å². The van der Waals surface area contributed by atoms with Crippen LogP contribution >= 0.6 is 0 Å². The van der Waals surface area contributed by atoms with Crippen LogP contribution in [0.5, 0.6) is 0 Å². The van der Waals surface area contributed by atoms with E-state index in [1.807, 2.05) is 6.92 Å². The molecule has 0 amide bonds. The zero-order valence-corrected chi connectivity index (χ0v) is 12.0. The Morgan fingerprint density at radius 2 is 2.20 bits per heavy atom. The van der Waals surface area contributed by atoms with E-state index in [0.29, 0.717) is 13.2 Å². The highest BCUT2D eigenvalue weighted by Gasteiger charge is 2.41. The molecule has 2 aliphatic heterocycles. The lowest BCUT2D eigenvalue weighted by Crippen LogP contribution is -2.41. The van der Waals surface area contributed by atoms with Gasteiger partial charge in [-0.05, 0) is 56.1 Å². The van der Waals surface area contributed by atoms with Crippen LogP contribution in [0.1, 0.15) is 30.4 Å². The van der Waals surface area contributed by atoms with Gasteiger partial charge in [-0.2, -0.15) is 0 Å². The number of ether oxygens (including phenoxy) is 2. The van der Waals surface area contributed by atoms with Crippen molar-refractivity contribution in [1.82, 2.24) is 5.32 Å². The van der Waals surface area contributed by atoms with E-state index in [2.05, 4.69) is 5.32 Å². The highest BCUT2D eigenvalue weighted by atomic mass is 19.1. The summed E-state index contributed by atoms with van der Waals surface area (Å²) in [5.41, 5.74) is 2.03. The van der Waals surface area contributed by atoms with Crippen LogP contribution in [0, 0.1) is 12.7 Å². The lowest BCUT2D eigenvalue weighted by molar-refractivity contribution is -0.0241. The molecule has 1 aromatic carbocycles. The van der Waals surface area contributed by atoms with E-state index in [1.165, 1.54) is 6.07 Å². The highest BCUT2D eigenvalue weighted by Crippen LogP contribution is 2.35. The van der Waals surface area contributed by atoms with Crippen LogP contribution in [0.4, 0.5) is 4.39 Å².